The van der Waals surface area contributed by atoms with Crippen molar-refractivity contribution in [3.8, 4) is 11.5 Å². The summed E-state index contributed by atoms with van der Waals surface area (Å²) < 4.78 is 27.1. The average molecular weight is 425 g/mol. The Bertz CT molecular complexity index is 1150. The molecule has 1 aromatic carbocycles. The minimum absolute atomic E-state index is 0.0446. The Balaban J connectivity index is 1.21. The van der Waals surface area contributed by atoms with E-state index in [1.807, 2.05) is 36.0 Å². The lowest BCUT2D eigenvalue weighted by Crippen LogP contribution is -2.48. The van der Waals surface area contributed by atoms with E-state index in [1.54, 1.807) is 4.90 Å². The van der Waals surface area contributed by atoms with Gasteiger partial charge < -0.3 is 14.2 Å². The molecule has 9 heteroatoms. The van der Waals surface area contributed by atoms with Gasteiger partial charge in [-0.3, -0.25) is 9.48 Å². The molecule has 0 unspecified atom stereocenters. The van der Waals surface area contributed by atoms with E-state index < -0.39 is 5.67 Å². The fourth-order valence-corrected chi connectivity index (χ4v) is 4.63. The second-order valence-corrected chi connectivity index (χ2v) is 9.05. The molecule has 1 saturated carbocycles. The predicted octanol–water partition coefficient (Wildman–Crippen LogP) is 3.25. The van der Waals surface area contributed by atoms with Crippen LogP contribution in [0.2, 0.25) is 0 Å². The highest BCUT2D eigenvalue weighted by molar-refractivity contribution is 5.88. The van der Waals surface area contributed by atoms with E-state index in [2.05, 4.69) is 15.2 Å². The van der Waals surface area contributed by atoms with Crippen LogP contribution in [0.4, 0.5) is 4.39 Å². The molecule has 1 aliphatic carbocycles. The average Bonchev–Trinajstić information content (AvgIpc) is 3.14. The zero-order valence-electron chi connectivity index (χ0n) is 17.3. The Morgan fingerprint density at radius 1 is 1.29 bits per heavy atom. The molecule has 6 rings (SSSR count). The Morgan fingerprint density at radius 3 is 2.84 bits per heavy atom. The smallest absolute Gasteiger partial charge is 0.260 e. The Kier molecular flexibility index (Phi) is 4.18. The molecule has 0 N–H and O–H groups in total. The summed E-state index contributed by atoms with van der Waals surface area (Å²) in [5.74, 6) is 0.861. The normalized spacial score (nSPS) is 25.5. The van der Waals surface area contributed by atoms with Crippen LogP contribution in [0.5, 0.6) is 0 Å². The van der Waals surface area contributed by atoms with Crippen molar-refractivity contribution in [2.24, 2.45) is 0 Å². The van der Waals surface area contributed by atoms with Gasteiger partial charge in [0, 0.05) is 29.5 Å². The van der Waals surface area contributed by atoms with Crippen molar-refractivity contribution in [2.45, 2.75) is 56.3 Å². The minimum atomic E-state index is -1.61. The molecular formula is C22H24FN5O3. The lowest BCUT2D eigenvalue weighted by Gasteiger charge is -2.37. The number of rotatable bonds is 4. The van der Waals surface area contributed by atoms with Crippen molar-refractivity contribution >= 4 is 16.8 Å². The number of hydrogen-bond acceptors (Lipinski definition) is 6. The molecule has 2 aromatic heterocycles. The molecule has 3 aromatic rings. The van der Waals surface area contributed by atoms with E-state index in [1.165, 1.54) is 0 Å². The third kappa shape index (κ3) is 3.13. The lowest BCUT2D eigenvalue weighted by molar-refractivity contribution is -0.141. The Hall–Kier alpha value is -2.81. The molecule has 2 saturated heterocycles. The number of aromatic nitrogens is 4. The van der Waals surface area contributed by atoms with Crippen molar-refractivity contribution in [1.82, 2.24) is 24.8 Å². The van der Waals surface area contributed by atoms with Gasteiger partial charge in [-0.05, 0) is 44.7 Å². The van der Waals surface area contributed by atoms with Crippen LogP contribution < -0.4 is 0 Å². The van der Waals surface area contributed by atoms with E-state index in [0.717, 1.165) is 16.5 Å². The zero-order chi connectivity index (χ0) is 21.2. The van der Waals surface area contributed by atoms with Gasteiger partial charge in [0.15, 0.2) is 11.5 Å². The number of ether oxygens (including phenoxy) is 1. The van der Waals surface area contributed by atoms with Gasteiger partial charge in [-0.2, -0.15) is 10.1 Å². The number of amides is 1. The predicted molar refractivity (Wildman–Crippen MR) is 109 cm³/mol. The largest absolute Gasteiger partial charge is 0.377 e. The van der Waals surface area contributed by atoms with Crippen molar-refractivity contribution in [1.29, 1.82) is 0 Å². The number of likely N-dealkylation sites (tertiary alicyclic amines) is 1. The SMILES string of the molecule is C[C@H]1C[C@H](c2noc(-c3ccc4cnn(C5COC5)c4c3)n2)CCN1C(=O)C1(F)CC1. The molecule has 3 fully saturated rings. The monoisotopic (exact) mass is 425 g/mol. The van der Waals surface area contributed by atoms with Gasteiger partial charge in [0.25, 0.3) is 11.8 Å². The van der Waals surface area contributed by atoms with Crippen LogP contribution >= 0.6 is 0 Å². The van der Waals surface area contributed by atoms with Gasteiger partial charge in [-0.1, -0.05) is 11.2 Å². The number of piperidine rings is 1. The van der Waals surface area contributed by atoms with Gasteiger partial charge in [0.1, 0.15) is 0 Å². The van der Waals surface area contributed by atoms with Crippen molar-refractivity contribution < 1.29 is 18.4 Å². The Morgan fingerprint density at radius 2 is 2.13 bits per heavy atom. The van der Waals surface area contributed by atoms with Gasteiger partial charge in [-0.15, -0.1) is 0 Å². The van der Waals surface area contributed by atoms with Crippen LogP contribution in [0.15, 0.2) is 28.9 Å². The summed E-state index contributed by atoms with van der Waals surface area (Å²) in [5, 5.41) is 9.78. The molecule has 1 amide bonds. The molecular weight excluding hydrogens is 401 g/mol. The number of halogens is 1. The molecule has 0 bridgehead atoms. The molecule has 162 valence electrons. The highest BCUT2D eigenvalue weighted by Gasteiger charge is 2.54. The maximum Gasteiger partial charge on any atom is 0.260 e. The number of hydrogen-bond donors (Lipinski definition) is 0. The van der Waals surface area contributed by atoms with Gasteiger partial charge >= 0.3 is 0 Å². The van der Waals surface area contributed by atoms with Crippen molar-refractivity contribution in [2.75, 3.05) is 19.8 Å². The first-order valence-electron chi connectivity index (χ1n) is 10.9. The molecule has 3 aliphatic rings. The topological polar surface area (TPSA) is 86.3 Å². The van der Waals surface area contributed by atoms with Crippen LogP contribution in [0, 0.1) is 0 Å². The summed E-state index contributed by atoms with van der Waals surface area (Å²) in [5.41, 5.74) is 0.255. The summed E-state index contributed by atoms with van der Waals surface area (Å²) in [4.78, 5) is 18.7. The summed E-state index contributed by atoms with van der Waals surface area (Å²) in [7, 11) is 0. The fraction of sp³-hybridized carbons (Fsp3) is 0.545. The number of nitrogens with zero attached hydrogens (tertiary/aromatic N) is 5. The van der Waals surface area contributed by atoms with Crippen LogP contribution in [-0.4, -0.2) is 62.2 Å². The fourth-order valence-electron chi connectivity index (χ4n) is 4.63. The van der Waals surface area contributed by atoms with Gasteiger partial charge in [0.2, 0.25) is 0 Å². The number of carbonyl (C=O) groups is 1. The van der Waals surface area contributed by atoms with Crippen molar-refractivity contribution in [3.05, 3.63) is 30.2 Å². The number of fused-ring (bicyclic) bond motifs is 1. The molecule has 2 aliphatic heterocycles. The highest BCUT2D eigenvalue weighted by Crippen LogP contribution is 2.43. The Labute approximate surface area is 178 Å². The summed E-state index contributed by atoms with van der Waals surface area (Å²) in [6.45, 7) is 3.84. The first-order valence-corrected chi connectivity index (χ1v) is 10.9. The lowest BCUT2D eigenvalue weighted by atomic mass is 9.90. The quantitative estimate of drug-likeness (QED) is 0.638. The van der Waals surface area contributed by atoms with Crippen LogP contribution in [-0.2, 0) is 9.53 Å². The van der Waals surface area contributed by atoms with Crippen LogP contribution in [0.25, 0.3) is 22.4 Å². The van der Waals surface area contributed by atoms with Crippen LogP contribution in [0.1, 0.15) is 50.4 Å². The standard InChI is InChI=1S/C22H24FN5O3/c1-13-8-14(4-7-27(13)21(29)22(23)5-6-22)19-25-20(31-26-19)15-2-3-16-10-24-28(18(16)9-15)17-11-30-12-17/h2-3,9-10,13-14,17H,4-8,11-12H2,1H3/t13-,14+/m0/s1. The molecule has 31 heavy (non-hydrogen) atoms. The molecule has 8 nitrogen and oxygen atoms in total. The third-order valence-electron chi connectivity index (χ3n) is 6.83. The van der Waals surface area contributed by atoms with Crippen molar-refractivity contribution in [3.63, 3.8) is 0 Å². The second kappa shape index (κ2) is 6.85. The third-order valence-corrected chi connectivity index (χ3v) is 6.83. The summed E-state index contributed by atoms with van der Waals surface area (Å²) in [6, 6.07) is 6.21. The first-order chi connectivity index (χ1) is 15.0. The highest BCUT2D eigenvalue weighted by atomic mass is 19.1. The minimum Gasteiger partial charge on any atom is -0.377 e. The number of alkyl halides is 1. The van der Waals surface area contributed by atoms with E-state index in [-0.39, 0.29) is 23.9 Å². The summed E-state index contributed by atoms with van der Waals surface area (Å²) >= 11 is 0. The van der Waals surface area contributed by atoms with E-state index in [0.29, 0.717) is 57.2 Å². The molecule has 2 atom stereocenters. The maximum absolute atomic E-state index is 14.2. The first kappa shape index (κ1) is 18.9. The van der Waals surface area contributed by atoms with Gasteiger partial charge in [-0.25, -0.2) is 4.39 Å². The zero-order valence-corrected chi connectivity index (χ0v) is 17.3. The molecule has 4 heterocycles. The number of carbonyl (C=O) groups excluding carboxylic acids is 1. The summed E-state index contributed by atoms with van der Waals surface area (Å²) in [6.07, 6.45) is 3.97. The maximum atomic E-state index is 14.2. The molecule has 0 spiro atoms. The second-order valence-electron chi connectivity index (χ2n) is 9.05. The van der Waals surface area contributed by atoms with E-state index >= 15 is 0 Å². The van der Waals surface area contributed by atoms with E-state index in [9.17, 15) is 9.18 Å². The van der Waals surface area contributed by atoms with Crippen LogP contribution in [0.3, 0.4) is 0 Å². The number of benzene rings is 1. The van der Waals surface area contributed by atoms with E-state index in [4.69, 9.17) is 9.26 Å². The van der Waals surface area contributed by atoms with Gasteiger partial charge in [0.05, 0.1) is 31.0 Å². The molecule has 0 radical (unpaired) electrons.